The topological polar surface area (TPSA) is 56.3 Å². The summed E-state index contributed by atoms with van der Waals surface area (Å²) in [7, 11) is 3.63. The highest BCUT2D eigenvalue weighted by Gasteiger charge is 2.37. The highest BCUT2D eigenvalue weighted by Crippen LogP contribution is 2.38. The number of nitrogens with zero attached hydrogens (tertiary/aromatic N) is 3. The molecule has 0 saturated carbocycles. The van der Waals surface area contributed by atoms with Gasteiger partial charge >= 0.3 is 0 Å². The molecule has 0 aromatic carbocycles. The van der Waals surface area contributed by atoms with Crippen LogP contribution in [0.4, 0.5) is 0 Å². The molecule has 20 heavy (non-hydrogen) atoms. The number of hydrogen-bond donors (Lipinski definition) is 1. The number of hydrogen-bond acceptors (Lipinski definition) is 4. The van der Waals surface area contributed by atoms with Gasteiger partial charge in [0, 0.05) is 25.7 Å². The third-order valence-electron chi connectivity index (χ3n) is 4.64. The van der Waals surface area contributed by atoms with E-state index in [9.17, 15) is 0 Å². The Labute approximate surface area is 122 Å². The summed E-state index contributed by atoms with van der Waals surface area (Å²) in [4.78, 5) is 2.58. The van der Waals surface area contributed by atoms with Gasteiger partial charge in [0.25, 0.3) is 0 Å². The Morgan fingerprint density at radius 3 is 2.70 bits per heavy atom. The summed E-state index contributed by atoms with van der Waals surface area (Å²) >= 11 is 0. The van der Waals surface area contributed by atoms with Crippen molar-refractivity contribution in [3.05, 3.63) is 11.3 Å². The van der Waals surface area contributed by atoms with Gasteiger partial charge in [-0.05, 0) is 33.1 Å². The first-order chi connectivity index (χ1) is 9.54. The number of aromatic nitrogens is 2. The van der Waals surface area contributed by atoms with E-state index in [0.717, 1.165) is 17.1 Å². The minimum absolute atomic E-state index is 0.195. The highest BCUT2D eigenvalue weighted by molar-refractivity contribution is 5.35. The van der Waals surface area contributed by atoms with E-state index >= 15 is 0 Å². The van der Waals surface area contributed by atoms with Crippen molar-refractivity contribution < 1.29 is 4.74 Å². The van der Waals surface area contributed by atoms with Crippen LogP contribution in [0.1, 0.15) is 50.4 Å². The maximum absolute atomic E-state index is 6.13. The SMILES string of the molecule is CCC1CCC(C)N1C(CN)c1c(C)nn(C)c1OC. The largest absolute Gasteiger partial charge is 0.481 e. The first-order valence-electron chi connectivity index (χ1n) is 7.60. The second kappa shape index (κ2) is 6.14. The van der Waals surface area contributed by atoms with Crippen molar-refractivity contribution in [3.63, 3.8) is 0 Å². The van der Waals surface area contributed by atoms with Gasteiger partial charge in [0.15, 0.2) is 0 Å². The van der Waals surface area contributed by atoms with Crippen molar-refractivity contribution in [2.24, 2.45) is 12.8 Å². The Morgan fingerprint density at radius 1 is 1.45 bits per heavy atom. The van der Waals surface area contributed by atoms with E-state index < -0.39 is 0 Å². The van der Waals surface area contributed by atoms with Crippen molar-refractivity contribution in [3.8, 4) is 5.88 Å². The quantitative estimate of drug-likeness (QED) is 0.896. The maximum atomic E-state index is 6.13. The molecule has 114 valence electrons. The summed E-state index contributed by atoms with van der Waals surface area (Å²) < 4.78 is 7.38. The van der Waals surface area contributed by atoms with E-state index in [1.165, 1.54) is 19.3 Å². The van der Waals surface area contributed by atoms with Gasteiger partial charge in [-0.15, -0.1) is 0 Å². The first-order valence-corrected chi connectivity index (χ1v) is 7.60. The molecule has 1 aromatic heterocycles. The van der Waals surface area contributed by atoms with Crippen LogP contribution in [0.5, 0.6) is 5.88 Å². The maximum Gasteiger partial charge on any atom is 0.216 e. The third kappa shape index (κ3) is 2.44. The molecular formula is C15H28N4O. The lowest BCUT2D eigenvalue weighted by Crippen LogP contribution is -2.41. The van der Waals surface area contributed by atoms with Crippen molar-refractivity contribution in [1.82, 2.24) is 14.7 Å². The van der Waals surface area contributed by atoms with E-state index in [1.54, 1.807) is 7.11 Å². The molecule has 0 amide bonds. The molecule has 1 aromatic rings. The fraction of sp³-hybridized carbons (Fsp3) is 0.800. The molecule has 1 aliphatic heterocycles. The van der Waals surface area contributed by atoms with E-state index in [-0.39, 0.29) is 6.04 Å². The summed E-state index contributed by atoms with van der Waals surface area (Å²) in [5.74, 6) is 0.840. The van der Waals surface area contributed by atoms with Crippen molar-refractivity contribution in [2.45, 2.75) is 58.2 Å². The van der Waals surface area contributed by atoms with E-state index in [0.29, 0.717) is 18.6 Å². The van der Waals surface area contributed by atoms with E-state index in [4.69, 9.17) is 10.5 Å². The Morgan fingerprint density at radius 2 is 2.15 bits per heavy atom. The third-order valence-corrected chi connectivity index (χ3v) is 4.64. The van der Waals surface area contributed by atoms with Crippen LogP contribution in [-0.4, -0.2) is 40.4 Å². The molecule has 0 radical (unpaired) electrons. The Hall–Kier alpha value is -1.07. The fourth-order valence-corrected chi connectivity index (χ4v) is 3.74. The van der Waals surface area contributed by atoms with Crippen LogP contribution in [0.2, 0.25) is 0 Å². The summed E-state index contributed by atoms with van der Waals surface area (Å²) in [6, 6.07) is 1.38. The first kappa shape index (κ1) is 15.3. The molecule has 2 heterocycles. The lowest BCUT2D eigenvalue weighted by molar-refractivity contribution is 0.134. The molecule has 3 unspecified atom stereocenters. The van der Waals surface area contributed by atoms with Gasteiger partial charge in [-0.2, -0.15) is 5.10 Å². The summed E-state index contributed by atoms with van der Waals surface area (Å²) in [6.07, 6.45) is 3.68. The van der Waals surface area contributed by atoms with Crippen LogP contribution in [0.15, 0.2) is 0 Å². The number of nitrogens with two attached hydrogens (primary N) is 1. The molecule has 2 N–H and O–H groups in total. The predicted molar refractivity (Wildman–Crippen MR) is 80.9 cm³/mol. The minimum Gasteiger partial charge on any atom is -0.481 e. The standard InChI is InChI=1S/C15H28N4O/c1-6-12-8-7-10(2)19(12)13(9-16)14-11(3)17-18(4)15(14)20-5/h10,12-13H,6-9,16H2,1-5H3. The van der Waals surface area contributed by atoms with Gasteiger partial charge in [0.1, 0.15) is 0 Å². The lowest BCUT2D eigenvalue weighted by atomic mass is 10.0. The molecule has 3 atom stereocenters. The van der Waals surface area contributed by atoms with E-state index in [1.807, 2.05) is 18.7 Å². The summed E-state index contributed by atoms with van der Waals surface area (Å²) in [6.45, 7) is 7.21. The molecule has 2 rings (SSSR count). The zero-order valence-electron chi connectivity index (χ0n) is 13.4. The molecule has 0 spiro atoms. The molecule has 1 fully saturated rings. The number of aryl methyl sites for hydroxylation is 2. The summed E-state index contributed by atoms with van der Waals surface area (Å²) in [5.41, 5.74) is 8.31. The monoisotopic (exact) mass is 280 g/mol. The van der Waals surface area contributed by atoms with Crippen LogP contribution in [0.3, 0.4) is 0 Å². The number of likely N-dealkylation sites (tertiary alicyclic amines) is 1. The van der Waals surface area contributed by atoms with Gasteiger partial charge in [-0.3, -0.25) is 4.90 Å². The van der Waals surface area contributed by atoms with Crippen LogP contribution in [-0.2, 0) is 7.05 Å². The number of rotatable bonds is 5. The van der Waals surface area contributed by atoms with Crippen molar-refractivity contribution >= 4 is 0 Å². The Balaban J connectivity index is 2.42. The van der Waals surface area contributed by atoms with Crippen LogP contribution in [0, 0.1) is 6.92 Å². The van der Waals surface area contributed by atoms with Crippen LogP contribution >= 0.6 is 0 Å². The molecule has 1 aliphatic rings. The normalized spacial score (nSPS) is 25.1. The average Bonchev–Trinajstić information content (AvgIpc) is 2.92. The molecule has 1 saturated heterocycles. The van der Waals surface area contributed by atoms with Crippen molar-refractivity contribution in [2.75, 3.05) is 13.7 Å². The zero-order valence-corrected chi connectivity index (χ0v) is 13.4. The smallest absolute Gasteiger partial charge is 0.216 e. The minimum atomic E-state index is 0.195. The average molecular weight is 280 g/mol. The Kier molecular flexibility index (Phi) is 4.70. The molecule has 5 heteroatoms. The highest BCUT2D eigenvalue weighted by atomic mass is 16.5. The summed E-state index contributed by atoms with van der Waals surface area (Å²) in [5, 5.41) is 4.51. The molecule has 5 nitrogen and oxygen atoms in total. The predicted octanol–water partition coefficient (Wildman–Crippen LogP) is 2.00. The van der Waals surface area contributed by atoms with Gasteiger partial charge in [0.2, 0.25) is 5.88 Å². The van der Waals surface area contributed by atoms with Gasteiger partial charge in [-0.25, -0.2) is 4.68 Å². The van der Waals surface area contributed by atoms with Crippen LogP contribution < -0.4 is 10.5 Å². The van der Waals surface area contributed by atoms with Gasteiger partial charge in [0.05, 0.1) is 24.4 Å². The van der Waals surface area contributed by atoms with Crippen LogP contribution in [0.25, 0.3) is 0 Å². The number of methoxy groups -OCH3 is 1. The molecule has 0 aliphatic carbocycles. The second-order valence-corrected chi connectivity index (χ2v) is 5.82. The van der Waals surface area contributed by atoms with E-state index in [2.05, 4.69) is 23.8 Å². The Bertz CT molecular complexity index is 457. The molecule has 0 bridgehead atoms. The van der Waals surface area contributed by atoms with Crippen molar-refractivity contribution in [1.29, 1.82) is 0 Å². The lowest BCUT2D eigenvalue weighted by Gasteiger charge is -2.35. The van der Waals surface area contributed by atoms with Gasteiger partial charge < -0.3 is 10.5 Å². The molecular weight excluding hydrogens is 252 g/mol. The zero-order chi connectivity index (χ0) is 14.9. The number of ether oxygens (including phenoxy) is 1. The fourth-order valence-electron chi connectivity index (χ4n) is 3.74. The second-order valence-electron chi connectivity index (χ2n) is 5.82. The van der Waals surface area contributed by atoms with Gasteiger partial charge in [-0.1, -0.05) is 6.92 Å².